The summed E-state index contributed by atoms with van der Waals surface area (Å²) in [5.74, 6) is -0.178. The largest absolute Gasteiger partial charge is 0.508 e. The Hall–Kier alpha value is -3.35. The number of nitrogens with one attached hydrogen (secondary N) is 1. The Bertz CT molecular complexity index is 754. The van der Waals surface area contributed by atoms with Gasteiger partial charge in [-0.25, -0.2) is 0 Å². The first-order valence-electron chi connectivity index (χ1n) is 6.60. The van der Waals surface area contributed by atoms with Crippen LogP contribution in [0.4, 0.5) is 11.4 Å². The summed E-state index contributed by atoms with van der Waals surface area (Å²) < 4.78 is 4.89. The van der Waals surface area contributed by atoms with Crippen molar-refractivity contribution >= 4 is 23.4 Å². The summed E-state index contributed by atoms with van der Waals surface area (Å²) in [5.41, 5.74) is 0.796. The lowest BCUT2D eigenvalue weighted by Gasteiger charge is -2.05. The van der Waals surface area contributed by atoms with E-state index >= 15 is 0 Å². The number of nitrogens with zero attached hydrogens (tertiary/aromatic N) is 1. The summed E-state index contributed by atoms with van der Waals surface area (Å²) in [5, 5.41) is 22.6. The zero-order valence-electron chi connectivity index (χ0n) is 12.2. The van der Waals surface area contributed by atoms with Gasteiger partial charge in [-0.3, -0.25) is 14.9 Å². The van der Waals surface area contributed by atoms with Crippen LogP contribution >= 0.6 is 0 Å². The fraction of sp³-hybridized carbons (Fsp3) is 0.0625. The molecule has 0 spiro atoms. The molecule has 2 aromatic rings. The number of nitro benzene ring substituents is 1. The van der Waals surface area contributed by atoms with E-state index in [1.54, 1.807) is 18.2 Å². The van der Waals surface area contributed by atoms with Crippen LogP contribution in [-0.4, -0.2) is 23.0 Å². The highest BCUT2D eigenvalue weighted by molar-refractivity contribution is 6.02. The van der Waals surface area contributed by atoms with Crippen molar-refractivity contribution in [1.29, 1.82) is 0 Å². The minimum Gasteiger partial charge on any atom is -0.508 e. The first kappa shape index (κ1) is 16.0. The van der Waals surface area contributed by atoms with Crippen LogP contribution in [0.3, 0.4) is 0 Å². The van der Waals surface area contributed by atoms with Crippen molar-refractivity contribution < 1.29 is 19.6 Å². The van der Waals surface area contributed by atoms with Crippen molar-refractivity contribution in [3.8, 4) is 11.5 Å². The van der Waals surface area contributed by atoms with Crippen molar-refractivity contribution in [2.45, 2.75) is 0 Å². The molecule has 0 unspecified atom stereocenters. The molecule has 0 radical (unpaired) electrons. The summed E-state index contributed by atoms with van der Waals surface area (Å²) in [4.78, 5) is 22.2. The number of anilines is 1. The maximum Gasteiger partial charge on any atom is 0.312 e. The van der Waals surface area contributed by atoms with Crippen molar-refractivity contribution in [2.75, 3.05) is 12.4 Å². The highest BCUT2D eigenvalue weighted by Gasteiger charge is 2.15. The van der Waals surface area contributed by atoms with Gasteiger partial charge in [-0.05, 0) is 35.9 Å². The summed E-state index contributed by atoms with van der Waals surface area (Å²) in [6.45, 7) is 0. The van der Waals surface area contributed by atoms with Crippen LogP contribution in [0.5, 0.6) is 11.5 Å². The highest BCUT2D eigenvalue weighted by atomic mass is 16.6. The molecule has 118 valence electrons. The van der Waals surface area contributed by atoms with Crippen molar-refractivity contribution in [3.05, 3.63) is 64.2 Å². The molecule has 0 bridgehead atoms. The number of rotatable bonds is 5. The molecule has 0 saturated carbocycles. The van der Waals surface area contributed by atoms with Crippen molar-refractivity contribution in [2.24, 2.45) is 0 Å². The van der Waals surface area contributed by atoms with Gasteiger partial charge in [0, 0.05) is 17.8 Å². The number of hydrogen-bond donors (Lipinski definition) is 2. The second kappa shape index (κ2) is 7.08. The SMILES string of the molecule is COc1ccc(NC(=O)/C=C/c2ccc(O)cc2)cc1[N+](=O)[O-]. The average Bonchev–Trinajstić information content (AvgIpc) is 2.54. The topological polar surface area (TPSA) is 102 Å². The van der Waals surface area contributed by atoms with Crippen LogP contribution in [-0.2, 0) is 4.79 Å². The van der Waals surface area contributed by atoms with Crippen LogP contribution in [0.25, 0.3) is 6.08 Å². The maximum atomic E-state index is 11.8. The molecule has 0 aliphatic rings. The maximum absolute atomic E-state index is 11.8. The lowest BCUT2D eigenvalue weighted by Crippen LogP contribution is -2.08. The number of hydrogen-bond acceptors (Lipinski definition) is 5. The number of benzene rings is 2. The van der Waals surface area contributed by atoms with Gasteiger partial charge in [0.05, 0.1) is 12.0 Å². The van der Waals surface area contributed by atoms with E-state index in [0.29, 0.717) is 0 Å². The first-order valence-corrected chi connectivity index (χ1v) is 6.60. The average molecular weight is 314 g/mol. The molecule has 0 atom stereocenters. The molecule has 2 aromatic carbocycles. The molecule has 0 fully saturated rings. The Morgan fingerprint density at radius 3 is 2.57 bits per heavy atom. The number of amides is 1. The summed E-state index contributed by atoms with van der Waals surface area (Å²) in [6.07, 6.45) is 2.86. The molecule has 0 heterocycles. The Kier molecular flexibility index (Phi) is 4.93. The molecule has 0 aromatic heterocycles. The molecule has 1 amide bonds. The summed E-state index contributed by atoms with van der Waals surface area (Å²) >= 11 is 0. The minimum absolute atomic E-state index is 0.118. The molecule has 7 nitrogen and oxygen atoms in total. The lowest BCUT2D eigenvalue weighted by atomic mass is 10.2. The number of carbonyl (C=O) groups excluding carboxylic acids is 1. The third-order valence-corrected chi connectivity index (χ3v) is 2.96. The Morgan fingerprint density at radius 1 is 1.26 bits per heavy atom. The van der Waals surface area contributed by atoms with Gasteiger partial charge in [0.1, 0.15) is 5.75 Å². The third-order valence-electron chi connectivity index (χ3n) is 2.96. The smallest absolute Gasteiger partial charge is 0.312 e. The Morgan fingerprint density at radius 2 is 1.96 bits per heavy atom. The number of carbonyl (C=O) groups is 1. The quantitative estimate of drug-likeness (QED) is 0.502. The van der Waals surface area contributed by atoms with Gasteiger partial charge in [0.25, 0.3) is 0 Å². The zero-order valence-corrected chi connectivity index (χ0v) is 12.2. The van der Waals surface area contributed by atoms with E-state index in [-0.39, 0.29) is 22.9 Å². The summed E-state index contributed by atoms with van der Waals surface area (Å²) in [7, 11) is 1.33. The number of phenols is 1. The molecule has 2 rings (SSSR count). The second-order valence-corrected chi connectivity index (χ2v) is 4.56. The van der Waals surface area contributed by atoms with Gasteiger partial charge in [0.15, 0.2) is 5.75 Å². The molecule has 2 N–H and O–H groups in total. The van der Waals surface area contributed by atoms with Gasteiger partial charge >= 0.3 is 5.69 Å². The first-order chi connectivity index (χ1) is 11.0. The van der Waals surface area contributed by atoms with E-state index in [4.69, 9.17) is 4.74 Å². The Balaban J connectivity index is 2.09. The molecule has 7 heteroatoms. The number of nitro groups is 1. The number of phenolic OH excluding ortho intramolecular Hbond substituents is 1. The molecular formula is C16H14N2O5. The third kappa shape index (κ3) is 4.31. The van der Waals surface area contributed by atoms with E-state index in [1.165, 1.54) is 43.5 Å². The van der Waals surface area contributed by atoms with E-state index in [0.717, 1.165) is 5.56 Å². The summed E-state index contributed by atoms with van der Waals surface area (Å²) in [6, 6.07) is 10.5. The minimum atomic E-state index is -0.583. The van der Waals surface area contributed by atoms with Crippen LogP contribution < -0.4 is 10.1 Å². The Labute approximate surface area is 132 Å². The molecule has 0 aliphatic carbocycles. The monoisotopic (exact) mass is 314 g/mol. The number of aromatic hydroxyl groups is 1. The molecule has 0 aliphatic heterocycles. The molecule has 23 heavy (non-hydrogen) atoms. The van der Waals surface area contributed by atoms with E-state index in [9.17, 15) is 20.0 Å². The normalized spacial score (nSPS) is 10.5. The van der Waals surface area contributed by atoms with Crippen molar-refractivity contribution in [3.63, 3.8) is 0 Å². The molecular weight excluding hydrogens is 300 g/mol. The van der Waals surface area contributed by atoms with Gasteiger partial charge in [-0.1, -0.05) is 12.1 Å². The van der Waals surface area contributed by atoms with Crippen LogP contribution in [0.2, 0.25) is 0 Å². The second-order valence-electron chi connectivity index (χ2n) is 4.56. The van der Waals surface area contributed by atoms with Gasteiger partial charge in [-0.15, -0.1) is 0 Å². The fourth-order valence-corrected chi connectivity index (χ4v) is 1.85. The fourth-order valence-electron chi connectivity index (χ4n) is 1.85. The van der Waals surface area contributed by atoms with E-state index < -0.39 is 10.8 Å². The van der Waals surface area contributed by atoms with Crippen LogP contribution in [0.1, 0.15) is 5.56 Å². The highest BCUT2D eigenvalue weighted by Crippen LogP contribution is 2.29. The molecule has 0 saturated heterocycles. The van der Waals surface area contributed by atoms with Crippen LogP contribution in [0.15, 0.2) is 48.5 Å². The zero-order chi connectivity index (χ0) is 16.8. The van der Waals surface area contributed by atoms with Gasteiger partial charge in [0.2, 0.25) is 5.91 Å². The van der Waals surface area contributed by atoms with E-state index in [1.807, 2.05) is 0 Å². The van der Waals surface area contributed by atoms with Gasteiger partial charge < -0.3 is 15.2 Å². The van der Waals surface area contributed by atoms with E-state index in [2.05, 4.69) is 5.32 Å². The lowest BCUT2D eigenvalue weighted by molar-refractivity contribution is -0.385. The number of methoxy groups -OCH3 is 1. The van der Waals surface area contributed by atoms with Crippen LogP contribution in [0, 0.1) is 10.1 Å². The standard InChI is InChI=1S/C16H14N2O5/c1-23-15-8-5-12(10-14(15)18(21)22)17-16(20)9-4-11-2-6-13(19)7-3-11/h2-10,19H,1H3,(H,17,20)/b9-4+. The number of ether oxygens (including phenoxy) is 1. The predicted molar refractivity (Wildman–Crippen MR) is 85.4 cm³/mol. The predicted octanol–water partition coefficient (Wildman–Crippen LogP) is 2.96. The van der Waals surface area contributed by atoms with Gasteiger partial charge in [-0.2, -0.15) is 0 Å². The van der Waals surface area contributed by atoms with Crippen molar-refractivity contribution in [1.82, 2.24) is 0 Å².